The Morgan fingerprint density at radius 2 is 1.75 bits per heavy atom. The number of hydrogen-bond donors (Lipinski definition) is 0. The molecule has 0 saturated heterocycles. The highest BCUT2D eigenvalue weighted by Crippen LogP contribution is 2.33. The van der Waals surface area contributed by atoms with Crippen molar-refractivity contribution >= 4 is 11.6 Å². The number of anilines is 1. The molecule has 3 rings (SSSR count). The monoisotopic (exact) mass is 322 g/mol. The summed E-state index contributed by atoms with van der Waals surface area (Å²) in [4.78, 5) is 17.3. The number of carbonyl (C=O) groups excluding carboxylic acids is 1. The third-order valence-electron chi connectivity index (χ3n) is 4.93. The van der Waals surface area contributed by atoms with E-state index in [2.05, 4.69) is 43.9 Å². The fourth-order valence-corrected chi connectivity index (χ4v) is 3.47. The Morgan fingerprint density at radius 3 is 2.42 bits per heavy atom. The van der Waals surface area contributed by atoms with Crippen molar-refractivity contribution in [1.29, 1.82) is 0 Å². The zero-order valence-corrected chi connectivity index (χ0v) is 14.8. The van der Waals surface area contributed by atoms with Gasteiger partial charge in [-0.05, 0) is 55.8 Å². The van der Waals surface area contributed by atoms with Crippen molar-refractivity contribution in [1.82, 2.24) is 4.90 Å². The molecule has 0 bridgehead atoms. The number of rotatable bonds is 5. The van der Waals surface area contributed by atoms with Gasteiger partial charge in [0, 0.05) is 23.8 Å². The summed E-state index contributed by atoms with van der Waals surface area (Å²) in [5.41, 5.74) is 4.34. The van der Waals surface area contributed by atoms with Gasteiger partial charge < -0.3 is 4.90 Å². The van der Waals surface area contributed by atoms with Gasteiger partial charge in [0.25, 0.3) is 5.91 Å². The number of benzene rings is 2. The fraction of sp³-hybridized carbons (Fsp3) is 0.381. The maximum absolute atomic E-state index is 13.0. The number of hydrogen-bond acceptors (Lipinski definition) is 2. The zero-order valence-electron chi connectivity index (χ0n) is 14.8. The number of fused-ring (bicyclic) bond motifs is 1. The molecule has 24 heavy (non-hydrogen) atoms. The average molecular weight is 322 g/mol. The molecular weight excluding hydrogens is 296 g/mol. The molecule has 126 valence electrons. The maximum atomic E-state index is 13.0. The van der Waals surface area contributed by atoms with Crippen LogP contribution in [0, 0.1) is 0 Å². The molecule has 0 aliphatic carbocycles. The molecule has 0 fully saturated rings. The second-order valence-corrected chi connectivity index (χ2v) is 6.52. The predicted molar refractivity (Wildman–Crippen MR) is 99.5 cm³/mol. The lowest BCUT2D eigenvalue weighted by atomic mass is 10.1. The van der Waals surface area contributed by atoms with Crippen molar-refractivity contribution in [2.24, 2.45) is 0 Å². The van der Waals surface area contributed by atoms with E-state index in [1.807, 2.05) is 35.2 Å². The van der Waals surface area contributed by atoms with Crippen LogP contribution in [-0.4, -0.2) is 29.9 Å². The third kappa shape index (κ3) is 3.22. The van der Waals surface area contributed by atoms with Crippen molar-refractivity contribution < 1.29 is 4.79 Å². The van der Waals surface area contributed by atoms with Gasteiger partial charge in [-0.2, -0.15) is 0 Å². The topological polar surface area (TPSA) is 23.6 Å². The predicted octanol–water partition coefficient (Wildman–Crippen LogP) is 4.12. The Morgan fingerprint density at radius 1 is 1.08 bits per heavy atom. The summed E-state index contributed by atoms with van der Waals surface area (Å²) in [6.07, 6.45) is 0.932. The molecule has 1 aliphatic heterocycles. The van der Waals surface area contributed by atoms with Gasteiger partial charge in [-0.25, -0.2) is 0 Å². The van der Waals surface area contributed by atoms with Crippen molar-refractivity contribution in [3.05, 3.63) is 65.2 Å². The molecule has 1 atom stereocenters. The summed E-state index contributed by atoms with van der Waals surface area (Å²) in [6, 6.07) is 16.5. The molecule has 3 nitrogen and oxygen atoms in total. The summed E-state index contributed by atoms with van der Waals surface area (Å²) in [6.45, 7) is 9.48. The normalized spacial score (nSPS) is 16.5. The Balaban J connectivity index is 1.78. The second-order valence-electron chi connectivity index (χ2n) is 6.52. The quantitative estimate of drug-likeness (QED) is 0.827. The zero-order chi connectivity index (χ0) is 17.1. The van der Waals surface area contributed by atoms with E-state index in [4.69, 9.17) is 0 Å². The van der Waals surface area contributed by atoms with Gasteiger partial charge in [0.15, 0.2) is 0 Å². The Kier molecular flexibility index (Phi) is 5.00. The molecule has 0 saturated carbocycles. The minimum Gasteiger partial charge on any atom is -0.305 e. The first kappa shape index (κ1) is 16.7. The number of amides is 1. The molecule has 0 aromatic heterocycles. The van der Waals surface area contributed by atoms with Gasteiger partial charge in [0.1, 0.15) is 0 Å². The molecule has 2 aromatic rings. The molecular formula is C21H26N2O. The summed E-state index contributed by atoms with van der Waals surface area (Å²) in [5, 5.41) is 0. The van der Waals surface area contributed by atoms with E-state index in [1.54, 1.807) is 0 Å². The van der Waals surface area contributed by atoms with Crippen LogP contribution in [-0.2, 0) is 13.0 Å². The molecule has 2 aromatic carbocycles. The Labute approximate surface area is 144 Å². The number of nitrogens with zero attached hydrogens (tertiary/aromatic N) is 2. The van der Waals surface area contributed by atoms with Crippen molar-refractivity contribution in [2.45, 2.75) is 39.8 Å². The number of para-hydroxylation sites is 1. The van der Waals surface area contributed by atoms with E-state index in [0.29, 0.717) is 0 Å². The Bertz CT molecular complexity index is 704. The maximum Gasteiger partial charge on any atom is 0.258 e. The van der Waals surface area contributed by atoms with Crippen molar-refractivity contribution in [3.8, 4) is 0 Å². The molecule has 0 N–H and O–H groups in total. The summed E-state index contributed by atoms with van der Waals surface area (Å²) in [7, 11) is 0. The first-order valence-corrected chi connectivity index (χ1v) is 8.86. The lowest BCUT2D eigenvalue weighted by molar-refractivity contribution is 0.0981. The van der Waals surface area contributed by atoms with Crippen LogP contribution in [0.2, 0.25) is 0 Å². The smallest absolute Gasteiger partial charge is 0.258 e. The van der Waals surface area contributed by atoms with Crippen LogP contribution >= 0.6 is 0 Å². The van der Waals surface area contributed by atoms with Gasteiger partial charge in [0.2, 0.25) is 0 Å². The van der Waals surface area contributed by atoms with E-state index < -0.39 is 0 Å². The highest BCUT2D eigenvalue weighted by atomic mass is 16.2. The van der Waals surface area contributed by atoms with Gasteiger partial charge in [-0.1, -0.05) is 44.2 Å². The molecule has 1 amide bonds. The van der Waals surface area contributed by atoms with E-state index in [1.165, 1.54) is 11.1 Å². The van der Waals surface area contributed by atoms with Crippen LogP contribution in [0.5, 0.6) is 0 Å². The van der Waals surface area contributed by atoms with Crippen LogP contribution in [0.3, 0.4) is 0 Å². The van der Waals surface area contributed by atoms with Crippen LogP contribution in [0.4, 0.5) is 5.69 Å². The first-order chi connectivity index (χ1) is 11.6. The summed E-state index contributed by atoms with van der Waals surface area (Å²) < 4.78 is 0. The largest absolute Gasteiger partial charge is 0.305 e. The molecule has 1 heterocycles. The van der Waals surface area contributed by atoms with E-state index >= 15 is 0 Å². The highest BCUT2D eigenvalue weighted by Gasteiger charge is 2.31. The summed E-state index contributed by atoms with van der Waals surface area (Å²) >= 11 is 0. The molecule has 1 aliphatic rings. The van der Waals surface area contributed by atoms with Crippen LogP contribution in [0.15, 0.2) is 48.5 Å². The molecule has 1 unspecified atom stereocenters. The molecule has 3 heteroatoms. The van der Waals surface area contributed by atoms with Gasteiger partial charge >= 0.3 is 0 Å². The lowest BCUT2D eigenvalue weighted by Crippen LogP contribution is -2.35. The number of carbonyl (C=O) groups is 1. The third-order valence-corrected chi connectivity index (χ3v) is 4.93. The van der Waals surface area contributed by atoms with E-state index in [-0.39, 0.29) is 11.9 Å². The molecule has 0 spiro atoms. The SMILES string of the molecule is CCN(CC)Cc1ccc(C(=O)N2c3ccccc3CC2C)cc1. The highest BCUT2D eigenvalue weighted by molar-refractivity contribution is 6.07. The minimum absolute atomic E-state index is 0.0989. The van der Waals surface area contributed by atoms with Crippen LogP contribution in [0.25, 0.3) is 0 Å². The Hall–Kier alpha value is -2.13. The van der Waals surface area contributed by atoms with Gasteiger partial charge in [-0.3, -0.25) is 9.69 Å². The first-order valence-electron chi connectivity index (χ1n) is 8.86. The van der Waals surface area contributed by atoms with Gasteiger partial charge in [-0.15, -0.1) is 0 Å². The summed E-state index contributed by atoms with van der Waals surface area (Å²) in [5.74, 6) is 0.0989. The van der Waals surface area contributed by atoms with Crippen LogP contribution in [0.1, 0.15) is 42.3 Å². The fourth-order valence-electron chi connectivity index (χ4n) is 3.47. The average Bonchev–Trinajstić information content (AvgIpc) is 2.95. The standard InChI is InChI=1S/C21H26N2O/c1-4-22(5-2)15-17-10-12-18(13-11-17)21(24)23-16(3)14-19-8-6-7-9-20(19)23/h6-13,16H,4-5,14-15H2,1-3H3. The van der Waals surface area contributed by atoms with Gasteiger partial charge in [0.05, 0.1) is 0 Å². The van der Waals surface area contributed by atoms with Crippen molar-refractivity contribution in [3.63, 3.8) is 0 Å². The van der Waals surface area contributed by atoms with Crippen molar-refractivity contribution in [2.75, 3.05) is 18.0 Å². The molecule has 0 radical (unpaired) electrons. The van der Waals surface area contributed by atoms with E-state index in [9.17, 15) is 4.79 Å². The van der Waals surface area contributed by atoms with E-state index in [0.717, 1.165) is 37.3 Å². The second kappa shape index (κ2) is 7.18. The minimum atomic E-state index is 0.0989. The lowest BCUT2D eigenvalue weighted by Gasteiger charge is -2.23. The van der Waals surface area contributed by atoms with Crippen LogP contribution < -0.4 is 4.90 Å².